The molecule has 1 saturated heterocycles. The SMILES string of the molecule is CC1CCN(C[C@H](O)Cn2nc(-c3cccs3)oc2=O)CC1. The minimum atomic E-state index is -0.618. The predicted octanol–water partition coefficient (Wildman–Crippen LogP) is 1.66. The lowest BCUT2D eigenvalue weighted by atomic mass is 9.99. The zero-order valence-corrected chi connectivity index (χ0v) is 13.5. The van der Waals surface area contributed by atoms with Crippen molar-refractivity contribution in [3.8, 4) is 10.8 Å². The molecule has 2 aromatic heterocycles. The Labute approximate surface area is 133 Å². The highest BCUT2D eigenvalue weighted by Gasteiger charge is 2.20. The molecule has 0 amide bonds. The van der Waals surface area contributed by atoms with Crippen LogP contribution in [0.1, 0.15) is 19.8 Å². The number of thiophene rings is 1. The van der Waals surface area contributed by atoms with E-state index >= 15 is 0 Å². The van der Waals surface area contributed by atoms with Gasteiger partial charge in [0.1, 0.15) is 0 Å². The van der Waals surface area contributed by atoms with Gasteiger partial charge in [0.05, 0.1) is 17.5 Å². The second-order valence-electron chi connectivity index (χ2n) is 5.97. The molecule has 0 bridgehead atoms. The molecule has 3 rings (SSSR count). The van der Waals surface area contributed by atoms with E-state index in [-0.39, 0.29) is 6.54 Å². The Kier molecular flexibility index (Phi) is 4.75. The van der Waals surface area contributed by atoms with Crippen LogP contribution >= 0.6 is 11.3 Å². The minimum Gasteiger partial charge on any atom is -0.390 e. The van der Waals surface area contributed by atoms with Crippen LogP contribution in [0.4, 0.5) is 0 Å². The topological polar surface area (TPSA) is 71.5 Å². The summed E-state index contributed by atoms with van der Waals surface area (Å²) in [5.41, 5.74) is 0. The van der Waals surface area contributed by atoms with Crippen LogP contribution in [0.5, 0.6) is 0 Å². The molecule has 0 spiro atoms. The molecule has 0 aromatic carbocycles. The molecule has 0 unspecified atom stereocenters. The highest BCUT2D eigenvalue weighted by Crippen LogP contribution is 2.21. The molecular weight excluding hydrogens is 302 g/mol. The first kappa shape index (κ1) is 15.5. The lowest BCUT2D eigenvalue weighted by Gasteiger charge is -2.31. The average molecular weight is 323 g/mol. The van der Waals surface area contributed by atoms with Gasteiger partial charge in [-0.2, -0.15) is 4.68 Å². The Morgan fingerprint density at radius 1 is 1.45 bits per heavy atom. The number of rotatable bonds is 5. The van der Waals surface area contributed by atoms with E-state index in [0.717, 1.165) is 23.9 Å². The summed E-state index contributed by atoms with van der Waals surface area (Å²) in [6.07, 6.45) is 1.71. The Hall–Kier alpha value is -1.44. The second-order valence-corrected chi connectivity index (χ2v) is 6.92. The van der Waals surface area contributed by atoms with Gasteiger partial charge in [-0.25, -0.2) is 4.79 Å². The van der Waals surface area contributed by atoms with E-state index in [1.54, 1.807) is 0 Å². The van der Waals surface area contributed by atoms with Gasteiger partial charge in [-0.05, 0) is 43.3 Å². The van der Waals surface area contributed by atoms with Crippen LogP contribution in [0.25, 0.3) is 10.8 Å². The van der Waals surface area contributed by atoms with Crippen molar-refractivity contribution >= 4 is 11.3 Å². The van der Waals surface area contributed by atoms with Crippen LogP contribution in [0.2, 0.25) is 0 Å². The van der Waals surface area contributed by atoms with Gasteiger partial charge in [0, 0.05) is 6.54 Å². The number of aromatic nitrogens is 2. The molecule has 0 radical (unpaired) electrons. The van der Waals surface area contributed by atoms with Gasteiger partial charge in [0.2, 0.25) is 0 Å². The smallest absolute Gasteiger partial charge is 0.390 e. The summed E-state index contributed by atoms with van der Waals surface area (Å²) in [7, 11) is 0. The third-order valence-corrected chi connectivity index (χ3v) is 4.92. The Morgan fingerprint density at radius 2 is 2.23 bits per heavy atom. The summed E-state index contributed by atoms with van der Waals surface area (Å²) in [4.78, 5) is 14.9. The van der Waals surface area contributed by atoms with Gasteiger partial charge >= 0.3 is 5.76 Å². The van der Waals surface area contributed by atoms with Crippen LogP contribution in [-0.2, 0) is 6.54 Å². The Bertz CT molecular complexity index is 641. The first-order chi connectivity index (χ1) is 10.6. The third kappa shape index (κ3) is 3.66. The van der Waals surface area contributed by atoms with Crippen LogP contribution in [0, 0.1) is 5.92 Å². The van der Waals surface area contributed by atoms with Crippen LogP contribution < -0.4 is 5.76 Å². The molecule has 120 valence electrons. The Morgan fingerprint density at radius 3 is 2.91 bits per heavy atom. The van der Waals surface area contributed by atoms with Gasteiger partial charge in [-0.15, -0.1) is 16.4 Å². The van der Waals surface area contributed by atoms with Crippen molar-refractivity contribution in [3.63, 3.8) is 0 Å². The third-order valence-electron chi connectivity index (χ3n) is 4.07. The van der Waals surface area contributed by atoms with Gasteiger partial charge < -0.3 is 14.4 Å². The molecule has 1 atom stereocenters. The molecule has 0 aliphatic carbocycles. The molecule has 1 fully saturated rings. The number of hydrogen-bond acceptors (Lipinski definition) is 6. The van der Waals surface area contributed by atoms with Crippen LogP contribution in [-0.4, -0.2) is 45.5 Å². The summed E-state index contributed by atoms with van der Waals surface area (Å²) >= 11 is 1.47. The first-order valence-corrected chi connectivity index (χ1v) is 8.52. The highest BCUT2D eigenvalue weighted by atomic mass is 32.1. The van der Waals surface area contributed by atoms with Crippen molar-refractivity contribution in [2.24, 2.45) is 5.92 Å². The largest absolute Gasteiger partial charge is 0.437 e. The number of likely N-dealkylation sites (tertiary alicyclic amines) is 1. The summed E-state index contributed by atoms with van der Waals surface area (Å²) in [5.74, 6) is 0.564. The van der Waals surface area contributed by atoms with Crippen LogP contribution in [0.3, 0.4) is 0 Å². The van der Waals surface area contributed by atoms with E-state index in [1.807, 2.05) is 17.5 Å². The molecule has 0 saturated carbocycles. The van der Waals surface area contributed by atoms with Crippen molar-refractivity contribution in [1.82, 2.24) is 14.7 Å². The number of hydrogen-bond donors (Lipinski definition) is 1. The van der Waals surface area contributed by atoms with Crippen LogP contribution in [0.15, 0.2) is 26.7 Å². The average Bonchev–Trinajstić information content (AvgIpc) is 3.12. The fraction of sp³-hybridized carbons (Fsp3) is 0.600. The molecule has 6 nitrogen and oxygen atoms in total. The quantitative estimate of drug-likeness (QED) is 0.906. The summed E-state index contributed by atoms with van der Waals surface area (Å²) < 4.78 is 6.36. The van der Waals surface area contributed by atoms with Gasteiger partial charge in [-0.3, -0.25) is 0 Å². The Balaban J connectivity index is 1.59. The molecule has 1 N–H and O–H groups in total. The van der Waals surface area contributed by atoms with E-state index in [2.05, 4.69) is 16.9 Å². The van der Waals surface area contributed by atoms with Crippen molar-refractivity contribution in [2.75, 3.05) is 19.6 Å². The van der Waals surface area contributed by atoms with Crippen molar-refractivity contribution in [3.05, 3.63) is 28.1 Å². The van der Waals surface area contributed by atoms with Crippen molar-refractivity contribution < 1.29 is 9.52 Å². The number of aliphatic hydroxyl groups excluding tert-OH is 1. The number of aliphatic hydroxyl groups is 1. The second kappa shape index (κ2) is 6.76. The van der Waals surface area contributed by atoms with Gasteiger partial charge in [0.25, 0.3) is 5.89 Å². The molecule has 1 aliphatic rings. The molecule has 1 aliphatic heterocycles. The fourth-order valence-corrected chi connectivity index (χ4v) is 3.37. The molecule has 2 aromatic rings. The highest BCUT2D eigenvalue weighted by molar-refractivity contribution is 7.13. The monoisotopic (exact) mass is 323 g/mol. The maximum atomic E-state index is 11.8. The standard InChI is InChI=1S/C15H21N3O3S/c1-11-4-6-17(7-5-11)9-12(19)10-18-15(20)21-14(16-18)13-3-2-8-22-13/h2-3,8,11-12,19H,4-7,9-10H2,1H3/t12-/m0/s1. The van der Waals surface area contributed by atoms with Crippen molar-refractivity contribution in [1.29, 1.82) is 0 Å². The fourth-order valence-electron chi connectivity index (χ4n) is 2.72. The zero-order valence-electron chi connectivity index (χ0n) is 12.6. The van der Waals surface area contributed by atoms with Gasteiger partial charge in [-0.1, -0.05) is 13.0 Å². The van der Waals surface area contributed by atoms with Gasteiger partial charge in [0.15, 0.2) is 0 Å². The van der Waals surface area contributed by atoms with E-state index in [4.69, 9.17) is 4.42 Å². The van der Waals surface area contributed by atoms with E-state index in [1.165, 1.54) is 28.9 Å². The number of β-amino-alcohol motifs (C(OH)–C–C–N with tert-alkyl or cyclic N) is 1. The predicted molar refractivity (Wildman–Crippen MR) is 84.9 cm³/mol. The maximum Gasteiger partial charge on any atom is 0.437 e. The number of nitrogens with zero attached hydrogens (tertiary/aromatic N) is 3. The summed E-state index contributed by atoms with van der Waals surface area (Å²) in [5, 5.41) is 16.3. The van der Waals surface area contributed by atoms with Crippen molar-refractivity contribution in [2.45, 2.75) is 32.4 Å². The van der Waals surface area contributed by atoms with E-state index in [0.29, 0.717) is 12.4 Å². The molecular formula is C15H21N3O3S. The normalized spacial score (nSPS) is 18.6. The lowest BCUT2D eigenvalue weighted by molar-refractivity contribution is 0.0763. The lowest BCUT2D eigenvalue weighted by Crippen LogP contribution is -2.40. The summed E-state index contributed by atoms with van der Waals surface area (Å²) in [6, 6.07) is 3.73. The molecule has 7 heteroatoms. The summed E-state index contributed by atoms with van der Waals surface area (Å²) in [6.45, 7) is 5.01. The molecule has 22 heavy (non-hydrogen) atoms. The maximum absolute atomic E-state index is 11.8. The van der Waals surface area contributed by atoms with E-state index < -0.39 is 11.9 Å². The minimum absolute atomic E-state index is 0.166. The molecule has 3 heterocycles. The first-order valence-electron chi connectivity index (χ1n) is 7.64. The number of piperidine rings is 1. The zero-order chi connectivity index (χ0) is 15.5. The van der Waals surface area contributed by atoms with E-state index in [9.17, 15) is 9.90 Å².